The number of aliphatic imine (C=N–C) groups is 1. The zero-order valence-electron chi connectivity index (χ0n) is 16.3. The van der Waals surface area contributed by atoms with Crippen LogP contribution in [-0.2, 0) is 17.7 Å². The number of halogens is 2. The Morgan fingerprint density at radius 3 is 3.10 bits per heavy atom. The zero-order chi connectivity index (χ0) is 20.7. The predicted molar refractivity (Wildman–Crippen MR) is 117 cm³/mol. The van der Waals surface area contributed by atoms with Gasteiger partial charge in [0.1, 0.15) is 11.6 Å². The Balaban J connectivity index is 1.46. The molecule has 7 nitrogen and oxygen atoms in total. The SMILES string of the molecule is Nc1c(Br)c(CNC2CCCOC2)nc2c(C3C=Nc4ccc(F)cc4C3)cnn12. The molecule has 0 spiro atoms. The number of nitrogens with one attached hydrogen (secondary N) is 1. The van der Waals surface area contributed by atoms with Gasteiger partial charge in [0.25, 0.3) is 0 Å². The topological polar surface area (TPSA) is 89.8 Å². The van der Waals surface area contributed by atoms with Crippen molar-refractivity contribution in [3.63, 3.8) is 0 Å². The molecule has 5 rings (SSSR count). The predicted octanol–water partition coefficient (Wildman–Crippen LogP) is 3.52. The smallest absolute Gasteiger partial charge is 0.161 e. The lowest BCUT2D eigenvalue weighted by Crippen LogP contribution is -2.36. The van der Waals surface area contributed by atoms with Crippen molar-refractivity contribution in [3.05, 3.63) is 51.5 Å². The number of nitrogen functional groups attached to an aromatic ring is 1. The number of benzene rings is 1. The molecule has 9 heteroatoms. The maximum atomic E-state index is 13.7. The van der Waals surface area contributed by atoms with Crippen molar-refractivity contribution in [2.45, 2.75) is 37.8 Å². The van der Waals surface area contributed by atoms with E-state index in [9.17, 15) is 4.39 Å². The van der Waals surface area contributed by atoms with E-state index in [0.717, 1.165) is 46.4 Å². The third kappa shape index (κ3) is 3.61. The summed E-state index contributed by atoms with van der Waals surface area (Å²) in [5.41, 5.74) is 10.5. The molecule has 0 saturated carbocycles. The third-order valence-electron chi connectivity index (χ3n) is 5.71. The van der Waals surface area contributed by atoms with Gasteiger partial charge in [-0.2, -0.15) is 9.61 Å². The highest BCUT2D eigenvalue weighted by Gasteiger charge is 2.24. The number of nitrogens with two attached hydrogens (primary N) is 1. The van der Waals surface area contributed by atoms with Crippen LogP contribution in [0.15, 0.2) is 33.9 Å². The molecule has 1 aromatic carbocycles. The number of rotatable bonds is 4. The summed E-state index contributed by atoms with van der Waals surface area (Å²) in [5.74, 6) is 0.204. The quantitative estimate of drug-likeness (QED) is 0.606. The second kappa shape index (κ2) is 8.05. The summed E-state index contributed by atoms with van der Waals surface area (Å²) in [7, 11) is 0. The summed E-state index contributed by atoms with van der Waals surface area (Å²) in [6.45, 7) is 2.11. The molecule has 2 aliphatic rings. The van der Waals surface area contributed by atoms with Gasteiger partial charge in [-0.25, -0.2) is 9.37 Å². The largest absolute Gasteiger partial charge is 0.383 e. The summed E-state index contributed by atoms with van der Waals surface area (Å²) in [4.78, 5) is 9.38. The Kier molecular flexibility index (Phi) is 5.26. The number of hydrogen-bond acceptors (Lipinski definition) is 6. The van der Waals surface area contributed by atoms with E-state index in [0.29, 0.717) is 37.1 Å². The van der Waals surface area contributed by atoms with Crippen LogP contribution in [0.2, 0.25) is 0 Å². The fourth-order valence-electron chi connectivity index (χ4n) is 4.08. The molecule has 0 radical (unpaired) electrons. The summed E-state index contributed by atoms with van der Waals surface area (Å²) >= 11 is 3.57. The lowest BCUT2D eigenvalue weighted by molar-refractivity contribution is 0.0698. The zero-order valence-corrected chi connectivity index (χ0v) is 17.9. The molecule has 0 amide bonds. The number of anilines is 1. The van der Waals surface area contributed by atoms with Crippen molar-refractivity contribution in [2.75, 3.05) is 18.9 Å². The molecule has 2 aromatic heterocycles. The molecule has 1 fully saturated rings. The van der Waals surface area contributed by atoms with Crippen LogP contribution in [0.5, 0.6) is 0 Å². The number of ether oxygens (including phenoxy) is 1. The molecule has 0 aliphatic carbocycles. The van der Waals surface area contributed by atoms with Crippen molar-refractivity contribution in [3.8, 4) is 0 Å². The van der Waals surface area contributed by atoms with Gasteiger partial charge in [-0.05, 0) is 59.0 Å². The standard InChI is InChI=1S/C21H22BrFN6O/c22-19-18(10-25-15-2-1-5-30-11-15)28-21-16(9-27-29(21)20(19)24)13-6-12-7-14(23)3-4-17(12)26-8-13/h3-4,7-9,13,15,25H,1-2,5-6,10-11,24H2. The van der Waals surface area contributed by atoms with Crippen molar-refractivity contribution in [2.24, 2.45) is 4.99 Å². The Bertz CT molecular complexity index is 1120. The molecular formula is C21H22BrFN6O. The third-order valence-corrected chi connectivity index (χ3v) is 6.58. The Hall–Kier alpha value is -2.36. The van der Waals surface area contributed by atoms with Crippen molar-refractivity contribution < 1.29 is 9.13 Å². The average Bonchev–Trinajstić information content (AvgIpc) is 3.19. The highest BCUT2D eigenvalue weighted by atomic mass is 79.9. The van der Waals surface area contributed by atoms with Gasteiger partial charge < -0.3 is 15.8 Å². The second-order valence-electron chi connectivity index (χ2n) is 7.75. The molecule has 2 atom stereocenters. The summed E-state index contributed by atoms with van der Waals surface area (Å²) in [6.07, 6.45) is 6.44. The van der Waals surface area contributed by atoms with Crippen molar-refractivity contribution in [1.82, 2.24) is 19.9 Å². The normalized spacial score (nSPS) is 21.1. The minimum atomic E-state index is -0.254. The fraction of sp³-hybridized carbons (Fsp3) is 0.381. The van der Waals surface area contributed by atoms with Crippen LogP contribution in [0, 0.1) is 5.82 Å². The van der Waals surface area contributed by atoms with Crippen LogP contribution in [0.4, 0.5) is 15.9 Å². The number of hydrogen-bond donors (Lipinski definition) is 2. The van der Waals surface area contributed by atoms with Gasteiger partial charge in [-0.3, -0.25) is 4.99 Å². The minimum absolute atomic E-state index is 0.0440. The summed E-state index contributed by atoms with van der Waals surface area (Å²) < 4.78 is 21.6. The number of nitrogens with zero attached hydrogens (tertiary/aromatic N) is 4. The van der Waals surface area contributed by atoms with Crippen LogP contribution in [0.3, 0.4) is 0 Å². The van der Waals surface area contributed by atoms with E-state index in [1.807, 2.05) is 6.21 Å². The molecule has 156 valence electrons. The first-order valence-corrected chi connectivity index (χ1v) is 10.8. The number of aromatic nitrogens is 3. The molecule has 2 unspecified atom stereocenters. The first kappa shape index (κ1) is 19.6. The second-order valence-corrected chi connectivity index (χ2v) is 8.54. The molecule has 0 bridgehead atoms. The monoisotopic (exact) mass is 472 g/mol. The highest BCUT2D eigenvalue weighted by molar-refractivity contribution is 9.10. The van der Waals surface area contributed by atoms with E-state index in [1.54, 1.807) is 22.8 Å². The molecule has 2 aliphatic heterocycles. The molecule has 3 N–H and O–H groups in total. The molecule has 30 heavy (non-hydrogen) atoms. The lowest BCUT2D eigenvalue weighted by Gasteiger charge is -2.23. The average molecular weight is 473 g/mol. The van der Waals surface area contributed by atoms with E-state index < -0.39 is 0 Å². The molecule has 1 saturated heterocycles. The first-order chi connectivity index (χ1) is 14.6. The lowest BCUT2D eigenvalue weighted by atomic mass is 9.91. The van der Waals surface area contributed by atoms with Gasteiger partial charge >= 0.3 is 0 Å². The first-order valence-electron chi connectivity index (χ1n) is 10.1. The van der Waals surface area contributed by atoms with E-state index in [-0.39, 0.29) is 11.7 Å². The van der Waals surface area contributed by atoms with Gasteiger partial charge in [0.05, 0.1) is 28.7 Å². The maximum absolute atomic E-state index is 13.7. The van der Waals surface area contributed by atoms with Crippen molar-refractivity contribution in [1.29, 1.82) is 0 Å². The van der Waals surface area contributed by atoms with Crippen molar-refractivity contribution >= 4 is 39.3 Å². The molecule has 3 aromatic rings. The molecular weight excluding hydrogens is 451 g/mol. The van der Waals surface area contributed by atoms with Gasteiger partial charge in [0, 0.05) is 36.9 Å². The van der Waals surface area contributed by atoms with E-state index in [4.69, 9.17) is 15.5 Å². The van der Waals surface area contributed by atoms with E-state index >= 15 is 0 Å². The number of fused-ring (bicyclic) bond motifs is 2. The Labute approximate surface area is 181 Å². The van der Waals surface area contributed by atoms with E-state index in [2.05, 4.69) is 31.3 Å². The van der Waals surface area contributed by atoms with Gasteiger partial charge in [-0.15, -0.1) is 0 Å². The van der Waals surface area contributed by atoms with Gasteiger partial charge in [0.2, 0.25) is 0 Å². The van der Waals surface area contributed by atoms with Gasteiger partial charge in [0.15, 0.2) is 5.65 Å². The van der Waals surface area contributed by atoms with Crippen LogP contribution in [0.1, 0.15) is 35.6 Å². The maximum Gasteiger partial charge on any atom is 0.161 e. The Morgan fingerprint density at radius 2 is 2.27 bits per heavy atom. The minimum Gasteiger partial charge on any atom is -0.383 e. The Morgan fingerprint density at radius 1 is 1.37 bits per heavy atom. The van der Waals surface area contributed by atoms with Crippen LogP contribution in [0.25, 0.3) is 5.65 Å². The highest BCUT2D eigenvalue weighted by Crippen LogP contribution is 2.34. The molecule has 4 heterocycles. The summed E-state index contributed by atoms with van der Waals surface area (Å²) in [6, 6.07) is 5.00. The summed E-state index contributed by atoms with van der Waals surface area (Å²) in [5, 5.41) is 7.95. The van der Waals surface area contributed by atoms with Crippen LogP contribution >= 0.6 is 15.9 Å². The van der Waals surface area contributed by atoms with Crippen LogP contribution in [-0.4, -0.2) is 40.1 Å². The fourth-order valence-corrected chi connectivity index (χ4v) is 4.47. The van der Waals surface area contributed by atoms with Gasteiger partial charge in [-0.1, -0.05) is 0 Å². The van der Waals surface area contributed by atoms with E-state index in [1.165, 1.54) is 6.07 Å². The van der Waals surface area contributed by atoms with Crippen LogP contribution < -0.4 is 11.1 Å².